The molecular formula is C28H28ClN3O3. The summed E-state index contributed by atoms with van der Waals surface area (Å²) in [5.41, 5.74) is 4.75. The molecule has 1 aliphatic heterocycles. The zero-order chi connectivity index (χ0) is 24.5. The molecule has 6 nitrogen and oxygen atoms in total. The number of aryl methyl sites for hydroxylation is 2. The number of anilines is 1. The number of aliphatic hydroxyl groups excluding tert-OH is 1. The summed E-state index contributed by atoms with van der Waals surface area (Å²) in [4.78, 5) is 19.6. The van der Waals surface area contributed by atoms with E-state index in [2.05, 4.69) is 0 Å². The molecule has 1 aliphatic rings. The fourth-order valence-corrected chi connectivity index (χ4v) is 4.79. The topological polar surface area (TPSA) is 67.6 Å². The first-order valence-corrected chi connectivity index (χ1v) is 12.2. The SMILES string of the molecule is Cc1ccc(C)c(OC[C@@H](O)Cn2c([C@H]3CC(=O)N(c4ccc(Cl)cc4)C3)nc3ccccc32)c1. The van der Waals surface area contributed by atoms with E-state index in [0.29, 0.717) is 24.5 Å². The van der Waals surface area contributed by atoms with Crippen molar-refractivity contribution in [1.82, 2.24) is 9.55 Å². The number of amides is 1. The van der Waals surface area contributed by atoms with Gasteiger partial charge in [-0.3, -0.25) is 4.79 Å². The van der Waals surface area contributed by atoms with Gasteiger partial charge in [0, 0.05) is 29.6 Å². The molecule has 0 bridgehead atoms. The summed E-state index contributed by atoms with van der Waals surface area (Å²) in [6, 6.07) is 21.2. The van der Waals surface area contributed by atoms with E-state index < -0.39 is 6.10 Å². The highest BCUT2D eigenvalue weighted by Crippen LogP contribution is 2.34. The zero-order valence-electron chi connectivity index (χ0n) is 19.8. The van der Waals surface area contributed by atoms with Gasteiger partial charge in [0.15, 0.2) is 0 Å². The highest BCUT2D eigenvalue weighted by Gasteiger charge is 2.35. The van der Waals surface area contributed by atoms with Gasteiger partial charge in [-0.1, -0.05) is 35.9 Å². The van der Waals surface area contributed by atoms with Gasteiger partial charge in [-0.15, -0.1) is 0 Å². The average molecular weight is 490 g/mol. The molecule has 0 spiro atoms. The number of para-hydroxylation sites is 2. The van der Waals surface area contributed by atoms with Crippen LogP contribution in [0, 0.1) is 13.8 Å². The molecule has 4 aromatic rings. The summed E-state index contributed by atoms with van der Waals surface area (Å²) in [6.07, 6.45) is -0.378. The second-order valence-corrected chi connectivity index (χ2v) is 9.62. The molecular weight excluding hydrogens is 462 g/mol. The van der Waals surface area contributed by atoms with Gasteiger partial charge in [0.25, 0.3) is 0 Å². The first-order valence-electron chi connectivity index (χ1n) is 11.8. The van der Waals surface area contributed by atoms with Gasteiger partial charge in [0.2, 0.25) is 5.91 Å². The normalized spacial score (nSPS) is 16.7. The Morgan fingerprint density at radius 1 is 1.11 bits per heavy atom. The van der Waals surface area contributed by atoms with Crippen molar-refractivity contribution in [3.05, 3.63) is 88.7 Å². The summed E-state index contributed by atoms with van der Waals surface area (Å²) in [7, 11) is 0. The molecule has 0 unspecified atom stereocenters. The molecule has 35 heavy (non-hydrogen) atoms. The van der Waals surface area contributed by atoms with Crippen molar-refractivity contribution >= 4 is 34.2 Å². The molecule has 1 saturated heterocycles. The van der Waals surface area contributed by atoms with Crippen molar-refractivity contribution in [3.63, 3.8) is 0 Å². The molecule has 180 valence electrons. The van der Waals surface area contributed by atoms with Crippen LogP contribution in [0.5, 0.6) is 5.75 Å². The number of carbonyl (C=O) groups excluding carboxylic acids is 1. The lowest BCUT2D eigenvalue weighted by molar-refractivity contribution is -0.117. The van der Waals surface area contributed by atoms with E-state index in [9.17, 15) is 9.90 Å². The lowest BCUT2D eigenvalue weighted by atomic mass is 10.1. The maximum Gasteiger partial charge on any atom is 0.227 e. The van der Waals surface area contributed by atoms with Crippen LogP contribution in [0.2, 0.25) is 5.02 Å². The number of benzene rings is 3. The van der Waals surface area contributed by atoms with E-state index in [4.69, 9.17) is 21.3 Å². The summed E-state index contributed by atoms with van der Waals surface area (Å²) in [5.74, 6) is 1.55. The van der Waals surface area contributed by atoms with Gasteiger partial charge >= 0.3 is 0 Å². The Bertz CT molecular complexity index is 1370. The number of carbonyl (C=O) groups is 1. The molecule has 0 saturated carbocycles. The summed E-state index contributed by atoms with van der Waals surface area (Å²) < 4.78 is 7.99. The van der Waals surface area contributed by atoms with Crippen LogP contribution >= 0.6 is 11.6 Å². The Morgan fingerprint density at radius 3 is 2.69 bits per heavy atom. The van der Waals surface area contributed by atoms with Crippen LogP contribution in [0.4, 0.5) is 5.69 Å². The van der Waals surface area contributed by atoms with Gasteiger partial charge in [-0.2, -0.15) is 0 Å². The van der Waals surface area contributed by atoms with Gasteiger partial charge in [-0.05, 0) is 67.4 Å². The summed E-state index contributed by atoms with van der Waals surface area (Å²) in [6.45, 7) is 5.02. The predicted octanol–water partition coefficient (Wildman–Crippen LogP) is 5.27. The van der Waals surface area contributed by atoms with E-state index in [0.717, 1.165) is 39.4 Å². The summed E-state index contributed by atoms with van der Waals surface area (Å²) >= 11 is 6.02. The monoisotopic (exact) mass is 489 g/mol. The highest BCUT2D eigenvalue weighted by atomic mass is 35.5. The van der Waals surface area contributed by atoms with Gasteiger partial charge in [0.1, 0.15) is 24.3 Å². The van der Waals surface area contributed by atoms with E-state index in [-0.39, 0.29) is 18.4 Å². The number of aromatic nitrogens is 2. The second-order valence-electron chi connectivity index (χ2n) is 9.18. The highest BCUT2D eigenvalue weighted by molar-refractivity contribution is 6.30. The van der Waals surface area contributed by atoms with Crippen molar-refractivity contribution in [2.24, 2.45) is 0 Å². The average Bonchev–Trinajstić information content (AvgIpc) is 3.41. The predicted molar refractivity (Wildman–Crippen MR) is 138 cm³/mol. The minimum absolute atomic E-state index is 0.0507. The minimum atomic E-state index is -0.740. The first-order chi connectivity index (χ1) is 16.9. The Labute approximate surface area is 209 Å². The van der Waals surface area contributed by atoms with Crippen LogP contribution in [0.3, 0.4) is 0 Å². The van der Waals surface area contributed by atoms with Crippen LogP contribution in [-0.4, -0.2) is 39.8 Å². The molecule has 1 N–H and O–H groups in total. The third-order valence-corrected chi connectivity index (χ3v) is 6.73. The quantitative estimate of drug-likeness (QED) is 0.384. The molecule has 1 fully saturated rings. The fourth-order valence-electron chi connectivity index (χ4n) is 4.66. The number of aliphatic hydroxyl groups is 1. The van der Waals surface area contributed by atoms with E-state index in [1.54, 1.807) is 17.0 Å². The first kappa shape index (κ1) is 23.4. The van der Waals surface area contributed by atoms with Crippen molar-refractivity contribution in [2.75, 3.05) is 18.1 Å². The Morgan fingerprint density at radius 2 is 1.89 bits per heavy atom. The van der Waals surface area contributed by atoms with Gasteiger partial charge in [0.05, 0.1) is 17.6 Å². The number of hydrogen-bond donors (Lipinski definition) is 1. The largest absolute Gasteiger partial charge is 0.491 e. The van der Waals surface area contributed by atoms with E-state index in [1.165, 1.54) is 0 Å². The lowest BCUT2D eigenvalue weighted by Crippen LogP contribution is -2.26. The maximum atomic E-state index is 12.9. The molecule has 5 rings (SSSR count). The second kappa shape index (κ2) is 9.72. The number of fused-ring (bicyclic) bond motifs is 1. The molecule has 2 atom stereocenters. The molecule has 0 radical (unpaired) electrons. The van der Waals surface area contributed by atoms with Crippen molar-refractivity contribution in [1.29, 1.82) is 0 Å². The number of rotatable bonds is 7. The minimum Gasteiger partial charge on any atom is -0.491 e. The number of hydrogen-bond acceptors (Lipinski definition) is 4. The van der Waals surface area contributed by atoms with Crippen LogP contribution in [0.1, 0.15) is 29.3 Å². The smallest absolute Gasteiger partial charge is 0.227 e. The van der Waals surface area contributed by atoms with Crippen molar-refractivity contribution < 1.29 is 14.6 Å². The number of ether oxygens (including phenoxy) is 1. The number of halogens is 1. The Hall–Kier alpha value is -3.35. The molecule has 1 amide bonds. The number of nitrogens with zero attached hydrogens (tertiary/aromatic N) is 3. The molecule has 2 heterocycles. The standard InChI is InChI=1S/C28H28ClN3O3/c1-18-7-8-19(2)26(13-18)35-17-23(33)16-32-25-6-4-3-5-24(25)30-28(32)20-14-27(34)31(15-20)22-11-9-21(29)10-12-22/h3-13,20,23,33H,14-17H2,1-2H3/t20-,23-/m0/s1. The van der Waals surface area contributed by atoms with E-state index >= 15 is 0 Å². The van der Waals surface area contributed by atoms with Crippen LogP contribution in [0.15, 0.2) is 66.7 Å². The van der Waals surface area contributed by atoms with E-state index in [1.807, 2.05) is 73.0 Å². The maximum absolute atomic E-state index is 12.9. The molecule has 3 aromatic carbocycles. The Kier molecular flexibility index (Phi) is 6.50. The van der Waals surface area contributed by atoms with Crippen molar-refractivity contribution in [3.8, 4) is 5.75 Å². The zero-order valence-corrected chi connectivity index (χ0v) is 20.6. The molecule has 0 aliphatic carbocycles. The third kappa shape index (κ3) is 4.90. The summed E-state index contributed by atoms with van der Waals surface area (Å²) in [5, 5.41) is 11.5. The van der Waals surface area contributed by atoms with Crippen LogP contribution in [-0.2, 0) is 11.3 Å². The third-order valence-electron chi connectivity index (χ3n) is 6.48. The van der Waals surface area contributed by atoms with Crippen LogP contribution in [0.25, 0.3) is 11.0 Å². The van der Waals surface area contributed by atoms with Crippen LogP contribution < -0.4 is 9.64 Å². The van der Waals surface area contributed by atoms with Gasteiger partial charge in [-0.25, -0.2) is 4.98 Å². The molecule has 1 aromatic heterocycles. The Balaban J connectivity index is 1.38. The lowest BCUT2D eigenvalue weighted by Gasteiger charge is -2.19. The van der Waals surface area contributed by atoms with Gasteiger partial charge < -0.3 is 19.3 Å². The molecule has 7 heteroatoms. The fraction of sp³-hybridized carbons (Fsp3) is 0.286. The van der Waals surface area contributed by atoms with Crippen molar-refractivity contribution in [2.45, 2.75) is 38.8 Å². The number of imidazole rings is 1.